The topological polar surface area (TPSA) is 75.5 Å². The molecule has 0 atom stereocenters. The van der Waals surface area contributed by atoms with E-state index in [-0.39, 0.29) is 0 Å². The standard InChI is InChI=1S/C62H33N5OS/c63-34-46-59(67-52-26-12-5-21-44(52)58-53(67)31-30-43-42-20-7-14-28-56(42)69-62(43)58)47(35-64)61(66-50-24-10-3-17-39(50)40-18-4-11-25-51(40)66)57(36-29-32-55-45(33-36)41-19-6-13-27-54(41)68-55)60(46)65-48-22-8-1-15-37(48)38-16-2-9-23-49(38)65/h1-33H. The van der Waals surface area contributed by atoms with E-state index in [1.165, 1.54) is 20.2 Å². The Kier molecular flexibility index (Phi) is 7.70. The van der Waals surface area contributed by atoms with Crippen LogP contribution in [0.4, 0.5) is 0 Å². The minimum absolute atomic E-state index is 0.383. The summed E-state index contributed by atoms with van der Waals surface area (Å²) < 4.78 is 15.6. The summed E-state index contributed by atoms with van der Waals surface area (Å²) in [5, 5.41) is 35.3. The van der Waals surface area contributed by atoms with Crippen molar-refractivity contribution < 1.29 is 4.42 Å². The average molecular weight is 896 g/mol. The molecule has 5 heterocycles. The van der Waals surface area contributed by atoms with Crippen LogP contribution in [0.1, 0.15) is 11.1 Å². The van der Waals surface area contributed by atoms with Gasteiger partial charge in [0.2, 0.25) is 0 Å². The van der Waals surface area contributed by atoms with Gasteiger partial charge in [-0.05, 0) is 66.2 Å². The summed E-state index contributed by atoms with van der Waals surface area (Å²) in [6.45, 7) is 0. The summed E-state index contributed by atoms with van der Waals surface area (Å²) in [6.07, 6.45) is 0. The first kappa shape index (κ1) is 37.8. The minimum atomic E-state index is 0.383. The Hall–Kier alpha value is -9.40. The van der Waals surface area contributed by atoms with Gasteiger partial charge in [-0.2, -0.15) is 10.5 Å². The molecule has 0 fully saturated rings. The number of thiophene rings is 1. The van der Waals surface area contributed by atoms with Gasteiger partial charge in [0, 0.05) is 68.8 Å². The van der Waals surface area contributed by atoms with Gasteiger partial charge in [-0.25, -0.2) is 0 Å². The number of furan rings is 1. The third-order valence-corrected chi connectivity index (χ3v) is 15.5. The average Bonchev–Trinajstić information content (AvgIpc) is 4.21. The highest BCUT2D eigenvalue weighted by Gasteiger charge is 2.33. The maximum atomic E-state index is 12.3. The molecule has 0 aliphatic heterocycles. The lowest BCUT2D eigenvalue weighted by Gasteiger charge is -2.26. The third kappa shape index (κ3) is 5.01. The van der Waals surface area contributed by atoms with E-state index >= 15 is 0 Å². The van der Waals surface area contributed by atoms with Gasteiger partial charge in [0.1, 0.15) is 34.4 Å². The number of nitrogens with zero attached hydrogens (tertiary/aromatic N) is 5. The molecule has 5 aromatic heterocycles. The van der Waals surface area contributed by atoms with Gasteiger partial charge in [0.15, 0.2) is 0 Å². The lowest BCUT2D eigenvalue weighted by molar-refractivity contribution is 0.669. The molecule has 0 bridgehead atoms. The summed E-state index contributed by atoms with van der Waals surface area (Å²) in [5.41, 5.74) is 11.4. The predicted molar refractivity (Wildman–Crippen MR) is 284 cm³/mol. The van der Waals surface area contributed by atoms with E-state index in [1.807, 2.05) is 24.3 Å². The molecular formula is C62H33N5OS. The first-order chi connectivity index (χ1) is 34.2. The predicted octanol–water partition coefficient (Wildman–Crippen LogP) is 16.7. The van der Waals surface area contributed by atoms with Gasteiger partial charge in [-0.1, -0.05) is 140 Å². The third-order valence-electron chi connectivity index (χ3n) is 14.3. The highest BCUT2D eigenvalue weighted by Crippen LogP contribution is 2.51. The molecule has 0 aliphatic rings. The summed E-state index contributed by atoms with van der Waals surface area (Å²) in [7, 11) is 0. The van der Waals surface area contributed by atoms with Crippen LogP contribution in [0.2, 0.25) is 0 Å². The fourth-order valence-corrected chi connectivity index (χ4v) is 12.8. The second kappa shape index (κ2) is 14.1. The molecule has 7 heteroatoms. The number of aromatic nitrogens is 3. The van der Waals surface area contributed by atoms with Crippen molar-refractivity contribution in [2.24, 2.45) is 0 Å². The molecule has 0 N–H and O–H groups in total. The Bertz CT molecular complexity index is 4570. The van der Waals surface area contributed by atoms with Gasteiger partial charge in [-0.15, -0.1) is 11.3 Å². The summed E-state index contributed by atoms with van der Waals surface area (Å²) in [6, 6.07) is 75.3. The Morgan fingerprint density at radius 3 is 1.38 bits per heavy atom. The van der Waals surface area contributed by atoms with E-state index in [1.54, 1.807) is 11.3 Å². The van der Waals surface area contributed by atoms with Gasteiger partial charge in [0.05, 0.1) is 50.2 Å². The van der Waals surface area contributed by atoms with Crippen molar-refractivity contribution in [3.8, 4) is 40.3 Å². The van der Waals surface area contributed by atoms with Crippen molar-refractivity contribution in [1.82, 2.24) is 13.7 Å². The minimum Gasteiger partial charge on any atom is -0.456 e. The van der Waals surface area contributed by atoms with Crippen molar-refractivity contribution in [1.29, 1.82) is 10.5 Å². The highest BCUT2D eigenvalue weighted by molar-refractivity contribution is 7.26. The van der Waals surface area contributed by atoms with Crippen LogP contribution in [-0.2, 0) is 0 Å². The second-order valence-corrected chi connectivity index (χ2v) is 18.8. The van der Waals surface area contributed by atoms with Crippen LogP contribution in [0.3, 0.4) is 0 Å². The highest BCUT2D eigenvalue weighted by atomic mass is 32.1. The van der Waals surface area contributed by atoms with Crippen molar-refractivity contribution in [3.05, 3.63) is 211 Å². The fraction of sp³-hybridized carbons (Fsp3) is 0. The van der Waals surface area contributed by atoms with E-state index in [0.717, 1.165) is 98.5 Å². The van der Waals surface area contributed by atoms with Crippen LogP contribution in [0, 0.1) is 22.7 Å². The first-order valence-corrected chi connectivity index (χ1v) is 23.8. The molecular weight excluding hydrogens is 863 g/mol. The molecule has 15 aromatic rings. The Morgan fingerprint density at radius 1 is 0.362 bits per heavy atom. The maximum Gasteiger partial charge on any atom is 0.135 e. The molecule has 69 heavy (non-hydrogen) atoms. The first-order valence-electron chi connectivity index (χ1n) is 23.0. The molecule has 0 amide bonds. The number of para-hydroxylation sites is 6. The Balaban J connectivity index is 1.23. The van der Waals surface area contributed by atoms with Gasteiger partial charge in [0.25, 0.3) is 0 Å². The van der Waals surface area contributed by atoms with Gasteiger partial charge >= 0.3 is 0 Å². The van der Waals surface area contributed by atoms with Crippen molar-refractivity contribution in [3.63, 3.8) is 0 Å². The molecule has 318 valence electrons. The lowest BCUT2D eigenvalue weighted by atomic mass is 9.91. The quantitative estimate of drug-likeness (QED) is 0.177. The van der Waals surface area contributed by atoms with E-state index in [4.69, 9.17) is 4.42 Å². The zero-order chi connectivity index (χ0) is 45.5. The van der Waals surface area contributed by atoms with Crippen LogP contribution in [0.25, 0.3) is 136 Å². The van der Waals surface area contributed by atoms with Gasteiger partial charge in [-0.3, -0.25) is 0 Å². The number of hydrogen-bond acceptors (Lipinski definition) is 4. The summed E-state index contributed by atoms with van der Waals surface area (Å²) in [4.78, 5) is 0. The van der Waals surface area contributed by atoms with Crippen LogP contribution < -0.4 is 0 Å². The second-order valence-electron chi connectivity index (χ2n) is 17.7. The van der Waals surface area contributed by atoms with Crippen LogP contribution in [0.5, 0.6) is 0 Å². The van der Waals surface area contributed by atoms with Gasteiger partial charge < -0.3 is 18.1 Å². The zero-order valence-corrected chi connectivity index (χ0v) is 37.4. The molecule has 0 saturated carbocycles. The number of hydrogen-bond donors (Lipinski definition) is 0. The van der Waals surface area contributed by atoms with E-state index in [9.17, 15) is 10.5 Å². The van der Waals surface area contributed by atoms with E-state index < -0.39 is 0 Å². The monoisotopic (exact) mass is 895 g/mol. The Morgan fingerprint density at radius 2 is 0.812 bits per heavy atom. The smallest absolute Gasteiger partial charge is 0.135 e. The molecule has 0 unspecified atom stereocenters. The summed E-state index contributed by atoms with van der Waals surface area (Å²) >= 11 is 1.79. The van der Waals surface area contributed by atoms with Crippen molar-refractivity contribution in [2.45, 2.75) is 0 Å². The SMILES string of the molecule is N#Cc1c(-n2c3ccccc3c3ccccc32)c(-c2ccc3oc4ccccc4c3c2)c(-n2c3ccccc3c3ccccc32)c(C#N)c1-n1c2ccccc2c2c3sc4ccccc4c3ccc21. The largest absolute Gasteiger partial charge is 0.456 e. The molecule has 0 radical (unpaired) electrons. The fourth-order valence-electron chi connectivity index (χ4n) is 11.6. The zero-order valence-electron chi connectivity index (χ0n) is 36.6. The number of rotatable bonds is 4. The van der Waals surface area contributed by atoms with Crippen molar-refractivity contribution in [2.75, 3.05) is 0 Å². The molecule has 0 saturated heterocycles. The molecule has 15 rings (SSSR count). The lowest BCUT2D eigenvalue weighted by Crippen LogP contribution is -2.14. The molecule has 0 aliphatic carbocycles. The number of benzene rings is 10. The summed E-state index contributed by atoms with van der Waals surface area (Å²) in [5.74, 6) is 0. The van der Waals surface area contributed by atoms with Crippen LogP contribution in [0.15, 0.2) is 205 Å². The van der Waals surface area contributed by atoms with Crippen LogP contribution >= 0.6 is 11.3 Å². The molecule has 0 spiro atoms. The van der Waals surface area contributed by atoms with Crippen molar-refractivity contribution >= 4 is 119 Å². The Labute approximate surface area is 397 Å². The van der Waals surface area contributed by atoms with E-state index in [2.05, 4.69) is 202 Å². The normalized spacial score (nSPS) is 12.0. The van der Waals surface area contributed by atoms with Crippen LogP contribution in [-0.4, -0.2) is 13.7 Å². The molecule has 10 aromatic carbocycles. The maximum absolute atomic E-state index is 12.3. The number of fused-ring (bicyclic) bond motifs is 16. The molecule has 6 nitrogen and oxygen atoms in total. The number of nitriles is 2. The van der Waals surface area contributed by atoms with E-state index in [0.29, 0.717) is 28.2 Å².